The summed E-state index contributed by atoms with van der Waals surface area (Å²) in [7, 11) is 0. The Kier molecular flexibility index (Phi) is 3.50. The maximum Gasteiger partial charge on any atom is 0.142 e. The van der Waals surface area contributed by atoms with Gasteiger partial charge >= 0.3 is 0 Å². The molecule has 116 valence electrons. The third-order valence-electron chi connectivity index (χ3n) is 3.78. The second-order valence-corrected chi connectivity index (χ2v) is 6.42. The lowest BCUT2D eigenvalue weighted by molar-refractivity contribution is 0.226. The van der Waals surface area contributed by atoms with Crippen LogP contribution in [0.5, 0.6) is 5.75 Å². The van der Waals surface area contributed by atoms with Gasteiger partial charge in [-0.1, -0.05) is 0 Å². The summed E-state index contributed by atoms with van der Waals surface area (Å²) >= 11 is 1.58. The number of nitrogens with one attached hydrogen (secondary N) is 1. The van der Waals surface area contributed by atoms with Gasteiger partial charge in [0, 0.05) is 16.5 Å². The number of aromatic nitrogens is 1. The smallest absolute Gasteiger partial charge is 0.142 e. The van der Waals surface area contributed by atoms with Crippen LogP contribution in [0.2, 0.25) is 0 Å². The minimum absolute atomic E-state index is 0.179. The highest BCUT2D eigenvalue weighted by atomic mass is 32.1. The molecule has 23 heavy (non-hydrogen) atoms. The van der Waals surface area contributed by atoms with E-state index in [0.29, 0.717) is 0 Å². The van der Waals surface area contributed by atoms with E-state index in [1.807, 2.05) is 24.4 Å². The van der Waals surface area contributed by atoms with Crippen LogP contribution in [0, 0.1) is 5.82 Å². The number of thiazole rings is 1. The zero-order valence-electron chi connectivity index (χ0n) is 12.5. The van der Waals surface area contributed by atoms with E-state index in [0.717, 1.165) is 39.8 Å². The zero-order valence-corrected chi connectivity index (χ0v) is 13.4. The molecule has 5 heteroatoms. The first-order valence-electron chi connectivity index (χ1n) is 7.45. The lowest BCUT2D eigenvalue weighted by Crippen LogP contribution is -2.27. The minimum atomic E-state index is -0.237. The van der Waals surface area contributed by atoms with Crippen molar-refractivity contribution in [2.45, 2.75) is 13.0 Å². The minimum Gasteiger partial charge on any atom is -0.487 e. The van der Waals surface area contributed by atoms with Crippen LogP contribution in [0.3, 0.4) is 0 Å². The molecule has 0 aliphatic carbocycles. The van der Waals surface area contributed by atoms with Gasteiger partial charge in [0.25, 0.3) is 0 Å². The summed E-state index contributed by atoms with van der Waals surface area (Å²) in [6.45, 7) is 2.84. The maximum absolute atomic E-state index is 13.0. The highest BCUT2D eigenvalue weighted by Gasteiger charge is 2.16. The van der Waals surface area contributed by atoms with Crippen LogP contribution >= 0.6 is 11.3 Å². The quantitative estimate of drug-likeness (QED) is 0.734. The molecular formula is C18H15FN2OS. The largest absolute Gasteiger partial charge is 0.487 e. The lowest BCUT2D eigenvalue weighted by atomic mass is 10.1. The summed E-state index contributed by atoms with van der Waals surface area (Å²) in [5.41, 5.74) is 3.83. The number of hydrogen-bond donors (Lipinski definition) is 1. The van der Waals surface area contributed by atoms with Gasteiger partial charge in [-0.25, -0.2) is 9.37 Å². The van der Waals surface area contributed by atoms with E-state index in [1.54, 1.807) is 23.5 Å². The van der Waals surface area contributed by atoms with Gasteiger partial charge in [-0.3, -0.25) is 0 Å². The van der Waals surface area contributed by atoms with Gasteiger partial charge in [0.1, 0.15) is 22.7 Å². The van der Waals surface area contributed by atoms with Gasteiger partial charge in [0.15, 0.2) is 0 Å². The van der Waals surface area contributed by atoms with Crippen LogP contribution < -0.4 is 10.1 Å². The number of halogens is 1. The maximum atomic E-state index is 13.0. The average Bonchev–Trinajstić information content (AvgIpc) is 3.05. The first-order valence-corrected chi connectivity index (χ1v) is 8.33. The highest BCUT2D eigenvalue weighted by molar-refractivity contribution is 7.13. The Morgan fingerprint density at radius 1 is 1.17 bits per heavy atom. The van der Waals surface area contributed by atoms with E-state index >= 15 is 0 Å². The molecule has 0 spiro atoms. The van der Waals surface area contributed by atoms with E-state index in [2.05, 4.69) is 16.4 Å². The molecule has 1 aliphatic heterocycles. The van der Waals surface area contributed by atoms with Crippen molar-refractivity contribution >= 4 is 17.0 Å². The Balaban J connectivity index is 1.65. The van der Waals surface area contributed by atoms with E-state index < -0.39 is 0 Å². The first-order chi connectivity index (χ1) is 11.2. The number of hydrogen-bond acceptors (Lipinski definition) is 4. The van der Waals surface area contributed by atoms with Crippen molar-refractivity contribution in [1.82, 2.24) is 4.98 Å². The number of anilines is 1. The number of ether oxygens (including phenoxy) is 1. The molecule has 0 saturated heterocycles. The van der Waals surface area contributed by atoms with Gasteiger partial charge in [-0.05, 0) is 49.4 Å². The van der Waals surface area contributed by atoms with E-state index in [4.69, 9.17) is 4.74 Å². The molecule has 0 bridgehead atoms. The molecule has 0 amide bonds. The molecule has 4 rings (SSSR count). The summed E-state index contributed by atoms with van der Waals surface area (Å²) in [5, 5.41) is 6.31. The SMILES string of the molecule is CC1CNc2cc(-c3nc(-c4ccc(F)cc4)cs3)ccc2O1. The number of nitrogens with zero attached hydrogens (tertiary/aromatic N) is 1. The molecule has 1 aliphatic rings. The standard InChI is InChI=1S/C18H15FN2OS/c1-11-9-20-15-8-13(4-7-17(15)22-11)18-21-16(10-23-18)12-2-5-14(19)6-3-12/h2-8,10-11,20H,9H2,1H3. The number of fused-ring (bicyclic) bond motifs is 1. The lowest BCUT2D eigenvalue weighted by Gasteiger charge is -2.25. The Bertz CT molecular complexity index is 844. The molecule has 1 aromatic heterocycles. The Morgan fingerprint density at radius 2 is 1.96 bits per heavy atom. The van der Waals surface area contributed by atoms with E-state index in [9.17, 15) is 4.39 Å². The van der Waals surface area contributed by atoms with Crippen molar-refractivity contribution in [1.29, 1.82) is 0 Å². The van der Waals surface area contributed by atoms with Crippen LogP contribution in [-0.2, 0) is 0 Å². The van der Waals surface area contributed by atoms with Crippen molar-refractivity contribution in [3.8, 4) is 27.6 Å². The molecule has 3 aromatic rings. The molecule has 0 fully saturated rings. The van der Waals surface area contributed by atoms with Gasteiger partial charge in [-0.15, -0.1) is 11.3 Å². The van der Waals surface area contributed by atoms with Crippen molar-refractivity contribution < 1.29 is 9.13 Å². The van der Waals surface area contributed by atoms with Crippen molar-refractivity contribution in [3.05, 3.63) is 53.7 Å². The summed E-state index contributed by atoms with van der Waals surface area (Å²) in [6.07, 6.45) is 0.179. The summed E-state index contributed by atoms with van der Waals surface area (Å²) in [4.78, 5) is 4.67. The zero-order chi connectivity index (χ0) is 15.8. The fourth-order valence-electron chi connectivity index (χ4n) is 2.58. The van der Waals surface area contributed by atoms with Gasteiger partial charge < -0.3 is 10.1 Å². The van der Waals surface area contributed by atoms with Crippen LogP contribution in [0.1, 0.15) is 6.92 Å². The van der Waals surface area contributed by atoms with Gasteiger partial charge in [0.2, 0.25) is 0 Å². The summed E-state index contributed by atoms with van der Waals surface area (Å²) in [6, 6.07) is 12.5. The van der Waals surface area contributed by atoms with Crippen LogP contribution in [0.4, 0.5) is 10.1 Å². The Morgan fingerprint density at radius 3 is 2.78 bits per heavy atom. The molecular weight excluding hydrogens is 311 g/mol. The molecule has 2 heterocycles. The van der Waals surface area contributed by atoms with Crippen LogP contribution in [0.15, 0.2) is 47.8 Å². The van der Waals surface area contributed by atoms with Crippen molar-refractivity contribution in [3.63, 3.8) is 0 Å². The van der Waals surface area contributed by atoms with Gasteiger partial charge in [0.05, 0.1) is 17.9 Å². The monoisotopic (exact) mass is 326 g/mol. The van der Waals surface area contributed by atoms with Crippen molar-refractivity contribution in [2.75, 3.05) is 11.9 Å². The molecule has 1 unspecified atom stereocenters. The molecule has 0 saturated carbocycles. The fraction of sp³-hybridized carbons (Fsp3) is 0.167. The Labute approximate surface area is 137 Å². The highest BCUT2D eigenvalue weighted by Crippen LogP contribution is 2.35. The predicted molar refractivity (Wildman–Crippen MR) is 91.5 cm³/mol. The third kappa shape index (κ3) is 2.80. The molecule has 3 nitrogen and oxygen atoms in total. The van der Waals surface area contributed by atoms with Gasteiger partial charge in [-0.2, -0.15) is 0 Å². The summed E-state index contributed by atoms with van der Waals surface area (Å²) < 4.78 is 18.8. The third-order valence-corrected chi connectivity index (χ3v) is 4.67. The average molecular weight is 326 g/mol. The predicted octanol–water partition coefficient (Wildman–Crippen LogP) is 4.81. The van der Waals surface area contributed by atoms with E-state index in [1.165, 1.54) is 12.1 Å². The molecule has 0 radical (unpaired) electrons. The number of rotatable bonds is 2. The summed E-state index contributed by atoms with van der Waals surface area (Å²) in [5.74, 6) is 0.641. The van der Waals surface area contributed by atoms with Crippen LogP contribution in [-0.4, -0.2) is 17.6 Å². The Hall–Kier alpha value is -2.40. The molecule has 1 atom stereocenters. The fourth-order valence-corrected chi connectivity index (χ4v) is 3.40. The second-order valence-electron chi connectivity index (χ2n) is 5.57. The van der Waals surface area contributed by atoms with Crippen molar-refractivity contribution in [2.24, 2.45) is 0 Å². The first kappa shape index (κ1) is 14.2. The topological polar surface area (TPSA) is 34.2 Å². The second kappa shape index (κ2) is 5.66. The van der Waals surface area contributed by atoms with E-state index in [-0.39, 0.29) is 11.9 Å². The molecule has 1 N–H and O–H groups in total. The number of benzene rings is 2. The molecule has 2 aromatic carbocycles. The normalized spacial score (nSPS) is 16.3. The van der Waals surface area contributed by atoms with Crippen LogP contribution in [0.25, 0.3) is 21.8 Å².